The van der Waals surface area contributed by atoms with Gasteiger partial charge in [0.05, 0.1) is 16.8 Å². The van der Waals surface area contributed by atoms with Gasteiger partial charge in [-0.25, -0.2) is 10.5 Å². The smallest absolute Gasteiger partial charge is 0.420 e. The molecule has 2 aromatic heterocycles. The highest BCUT2D eigenvalue weighted by Gasteiger charge is 2.25. The van der Waals surface area contributed by atoms with Gasteiger partial charge >= 0.3 is 20.1 Å². The quantitative estimate of drug-likeness (QED) is 0.144. The van der Waals surface area contributed by atoms with Crippen LogP contribution in [0.15, 0.2) is 102 Å². The van der Waals surface area contributed by atoms with Crippen LogP contribution in [0.1, 0.15) is 10.4 Å². The molecule has 0 aliphatic carbocycles. The Morgan fingerprint density at radius 1 is 0.878 bits per heavy atom. The minimum atomic E-state index is -3.94. The number of pyridine rings is 1. The fraction of sp³-hybridized carbons (Fsp3) is 0.0625. The molecule has 0 bridgehead atoms. The Balaban J connectivity index is 1.58. The Kier molecular flexibility index (Phi) is 6.96. The third-order valence-electron chi connectivity index (χ3n) is 7.02. The third kappa shape index (κ3) is 4.93. The lowest BCUT2D eigenvalue weighted by Gasteiger charge is -2.16. The lowest BCUT2D eigenvalue weighted by molar-refractivity contribution is 0.0964. The first-order valence-electron chi connectivity index (χ1n) is 12.7. The average Bonchev–Trinajstić information content (AvgIpc) is 3.38. The van der Waals surface area contributed by atoms with E-state index in [1.807, 2.05) is 48.5 Å². The zero-order valence-corrected chi connectivity index (χ0v) is 24.2. The maximum atomic E-state index is 13.6. The second-order valence-electron chi connectivity index (χ2n) is 9.43. The van der Waals surface area contributed by atoms with Crippen LogP contribution in [-0.2, 0) is 6.14 Å². The van der Waals surface area contributed by atoms with E-state index in [4.69, 9.17) is 4.42 Å². The van der Waals surface area contributed by atoms with Crippen LogP contribution in [0.25, 0.3) is 55.4 Å². The highest BCUT2D eigenvalue weighted by molar-refractivity contribution is 14.2. The normalized spacial score (nSPS) is 11.3. The summed E-state index contributed by atoms with van der Waals surface area (Å²) in [5.41, 5.74) is 5.76. The maximum absolute atomic E-state index is 13.6. The molecule has 9 heteroatoms. The monoisotopic (exact) mass is 659 g/mol. The Hall–Kier alpha value is -4.64. The maximum Gasteiger partial charge on any atom is 0.420 e. The number of hydrogen-bond acceptors (Lipinski definition) is 5. The molecule has 4 aromatic carbocycles. The Morgan fingerprint density at radius 3 is 2.37 bits per heavy atom. The summed E-state index contributed by atoms with van der Waals surface area (Å²) >= 11 is -3.94. The van der Waals surface area contributed by atoms with Crippen LogP contribution in [0, 0.1) is 5.82 Å². The first-order chi connectivity index (χ1) is 19.8. The zero-order valence-electron chi connectivity index (χ0n) is 22.0. The van der Waals surface area contributed by atoms with Crippen molar-refractivity contribution in [3.8, 4) is 33.6 Å². The van der Waals surface area contributed by atoms with Gasteiger partial charge in [0.2, 0.25) is 0 Å². The van der Waals surface area contributed by atoms with Crippen LogP contribution in [0.5, 0.6) is 0 Å². The summed E-state index contributed by atoms with van der Waals surface area (Å²) in [6.07, 6.45) is 1.75. The SMILES string of the molecule is CNC(=O)c1c(-c2ccc(F)cc2)oc2cc(N(C)I(=O)=O)c(-c3cccc(-c4ccc5ncccc5c4)c3)cc12. The summed E-state index contributed by atoms with van der Waals surface area (Å²) < 4.78 is 45.5. The van der Waals surface area contributed by atoms with Gasteiger partial charge in [-0.3, -0.25) is 12.9 Å². The molecule has 0 atom stereocenters. The Morgan fingerprint density at radius 2 is 1.61 bits per heavy atom. The molecule has 1 amide bonds. The molecule has 204 valence electrons. The van der Waals surface area contributed by atoms with Gasteiger partial charge in [-0.2, -0.15) is 0 Å². The molecule has 6 aromatic rings. The number of amides is 1. The molecular formula is C32H23FIN3O4. The molecule has 41 heavy (non-hydrogen) atoms. The number of anilines is 1. The largest absolute Gasteiger partial charge is 0.455 e. The molecule has 0 aliphatic heterocycles. The van der Waals surface area contributed by atoms with Crippen molar-refractivity contribution >= 4 is 53.5 Å². The van der Waals surface area contributed by atoms with Crippen LogP contribution in [0.4, 0.5) is 10.1 Å². The zero-order chi connectivity index (χ0) is 28.7. The van der Waals surface area contributed by atoms with Crippen molar-refractivity contribution in [2.45, 2.75) is 0 Å². The van der Waals surface area contributed by atoms with Gasteiger partial charge in [0.15, 0.2) is 0 Å². The predicted molar refractivity (Wildman–Crippen MR) is 165 cm³/mol. The number of rotatable bonds is 6. The van der Waals surface area contributed by atoms with Crippen molar-refractivity contribution < 1.29 is 19.7 Å². The van der Waals surface area contributed by atoms with E-state index in [2.05, 4.69) is 16.4 Å². The van der Waals surface area contributed by atoms with Gasteiger partial charge in [0, 0.05) is 48.3 Å². The van der Waals surface area contributed by atoms with E-state index in [9.17, 15) is 15.3 Å². The van der Waals surface area contributed by atoms with Crippen LogP contribution in [0.2, 0.25) is 0 Å². The molecule has 7 nitrogen and oxygen atoms in total. The third-order valence-corrected chi connectivity index (χ3v) is 8.72. The number of fused-ring (bicyclic) bond motifs is 2. The molecule has 0 unspecified atom stereocenters. The number of nitrogens with one attached hydrogen (secondary N) is 1. The predicted octanol–water partition coefficient (Wildman–Crippen LogP) is 8.03. The van der Waals surface area contributed by atoms with Crippen molar-refractivity contribution in [3.05, 3.63) is 109 Å². The number of furan rings is 1. The van der Waals surface area contributed by atoms with E-state index in [1.54, 1.807) is 18.3 Å². The number of carbonyl (C=O) groups is 1. The van der Waals surface area contributed by atoms with E-state index in [1.165, 1.54) is 41.5 Å². The van der Waals surface area contributed by atoms with Crippen molar-refractivity contribution in [1.29, 1.82) is 0 Å². The molecule has 0 fully saturated rings. The van der Waals surface area contributed by atoms with Gasteiger partial charge in [-0.1, -0.05) is 30.3 Å². The fourth-order valence-electron chi connectivity index (χ4n) is 4.97. The summed E-state index contributed by atoms with van der Waals surface area (Å²) in [7, 11) is 3.02. The topological polar surface area (TPSA) is 92.5 Å². The highest BCUT2D eigenvalue weighted by atomic mass is 127. The second-order valence-corrected chi connectivity index (χ2v) is 12.0. The molecule has 2 heterocycles. The van der Waals surface area contributed by atoms with Crippen molar-refractivity contribution in [1.82, 2.24) is 10.3 Å². The summed E-state index contributed by atoms with van der Waals surface area (Å²) in [5, 5.41) is 4.18. The van der Waals surface area contributed by atoms with Gasteiger partial charge in [0.1, 0.15) is 17.2 Å². The van der Waals surface area contributed by atoms with Gasteiger partial charge < -0.3 is 9.73 Å². The van der Waals surface area contributed by atoms with Crippen molar-refractivity contribution in [2.75, 3.05) is 17.2 Å². The minimum Gasteiger partial charge on any atom is -0.455 e. The number of benzene rings is 4. The molecule has 0 saturated heterocycles. The van der Waals surface area contributed by atoms with Crippen molar-refractivity contribution in [3.63, 3.8) is 0 Å². The van der Waals surface area contributed by atoms with Gasteiger partial charge in [-0.05, 0) is 71.3 Å². The summed E-state index contributed by atoms with van der Waals surface area (Å²) in [5.74, 6) is -0.527. The number of halogens is 2. The molecule has 0 saturated carbocycles. The van der Waals surface area contributed by atoms with E-state index < -0.39 is 25.9 Å². The molecular weight excluding hydrogens is 636 g/mol. The van der Waals surface area contributed by atoms with Gasteiger partial charge in [-0.15, -0.1) is 0 Å². The Bertz CT molecular complexity index is 2030. The number of aromatic nitrogens is 1. The standard InChI is InChI=1S/C32H23FIN3O4/c1-35-32(38)30-26-17-25(22-6-3-5-20(15-22)21-10-13-27-23(16-21)7-4-14-36-27)28(37(2)34(39)40)18-29(26)41-31(30)19-8-11-24(33)12-9-19/h3-18H,1-2H3,(H,35,38). The van der Waals surface area contributed by atoms with Gasteiger partial charge in [0.25, 0.3) is 5.91 Å². The minimum absolute atomic E-state index is 0.267. The molecule has 0 radical (unpaired) electrons. The molecule has 6 rings (SSSR count). The average molecular weight is 659 g/mol. The lowest BCUT2D eigenvalue weighted by atomic mass is 9.95. The molecule has 1 N–H and O–H groups in total. The number of hydrogen-bond donors (Lipinski definition) is 1. The number of nitrogens with zero attached hydrogens (tertiary/aromatic N) is 2. The molecule has 0 aliphatic rings. The van der Waals surface area contributed by atoms with E-state index >= 15 is 0 Å². The summed E-state index contributed by atoms with van der Waals surface area (Å²) in [6, 6.07) is 26.8. The van der Waals surface area contributed by atoms with Crippen LogP contribution < -0.4 is 8.43 Å². The van der Waals surface area contributed by atoms with E-state index in [-0.39, 0.29) is 17.2 Å². The fourth-order valence-corrected chi connectivity index (χ4v) is 5.79. The first kappa shape index (κ1) is 26.6. The van der Waals surface area contributed by atoms with E-state index in [0.29, 0.717) is 27.8 Å². The first-order valence-corrected chi connectivity index (χ1v) is 15.4. The summed E-state index contributed by atoms with van der Waals surface area (Å²) in [6.45, 7) is 0. The van der Waals surface area contributed by atoms with Crippen LogP contribution in [0.3, 0.4) is 0 Å². The second kappa shape index (κ2) is 10.7. The van der Waals surface area contributed by atoms with Crippen LogP contribution >= 0.6 is 20.1 Å². The summed E-state index contributed by atoms with van der Waals surface area (Å²) in [4.78, 5) is 17.5. The Labute approximate surface area is 242 Å². The lowest BCUT2D eigenvalue weighted by Crippen LogP contribution is -2.18. The molecule has 0 spiro atoms. The number of carbonyl (C=O) groups excluding carboxylic acids is 1. The van der Waals surface area contributed by atoms with Crippen molar-refractivity contribution in [2.24, 2.45) is 0 Å². The highest BCUT2D eigenvalue weighted by Crippen LogP contribution is 2.43. The van der Waals surface area contributed by atoms with Crippen LogP contribution in [-0.4, -0.2) is 25.0 Å². The van der Waals surface area contributed by atoms with E-state index in [0.717, 1.165) is 27.6 Å².